The lowest BCUT2D eigenvalue weighted by molar-refractivity contribution is -0.148. The van der Waals surface area contributed by atoms with Crippen molar-refractivity contribution in [1.29, 1.82) is 0 Å². The van der Waals surface area contributed by atoms with Gasteiger partial charge in [-0.15, -0.1) is 0 Å². The molecule has 2 atom stereocenters. The van der Waals surface area contributed by atoms with E-state index in [1.807, 2.05) is 30.3 Å². The molecule has 0 aliphatic rings. The van der Waals surface area contributed by atoms with Crippen LogP contribution in [0.4, 0.5) is 4.79 Å². The number of hydrogen-bond donors (Lipinski definition) is 2. The first kappa shape index (κ1) is 22.0. The van der Waals surface area contributed by atoms with E-state index in [2.05, 4.69) is 26.6 Å². The van der Waals surface area contributed by atoms with Crippen LogP contribution < -0.4 is 10.6 Å². The Kier molecular flexibility index (Phi) is 8.57. The molecule has 1 aromatic rings. The lowest BCUT2D eigenvalue weighted by Crippen LogP contribution is -2.52. The number of rotatable bonds is 7. The van der Waals surface area contributed by atoms with Gasteiger partial charge in [0.1, 0.15) is 24.3 Å². The molecule has 0 fully saturated rings. The Labute approximate surface area is 161 Å². The average Bonchev–Trinajstić information content (AvgIpc) is 2.56. The number of nitrogens with one attached hydrogen (secondary N) is 2. The molecule has 0 bridgehead atoms. The lowest BCUT2D eigenvalue weighted by Gasteiger charge is -2.22. The Morgan fingerprint density at radius 3 is 2.27 bits per heavy atom. The van der Waals surface area contributed by atoms with Crippen molar-refractivity contribution in [2.75, 3.05) is 5.33 Å². The number of esters is 1. The van der Waals surface area contributed by atoms with Gasteiger partial charge >= 0.3 is 12.1 Å². The van der Waals surface area contributed by atoms with Gasteiger partial charge in [-0.1, -0.05) is 46.3 Å². The highest BCUT2D eigenvalue weighted by atomic mass is 79.9. The topological polar surface area (TPSA) is 93.7 Å². The predicted octanol–water partition coefficient (Wildman–Crippen LogP) is 2.52. The number of halogens is 1. The van der Waals surface area contributed by atoms with Crippen molar-refractivity contribution in [3.05, 3.63) is 35.9 Å². The lowest BCUT2D eigenvalue weighted by atomic mass is 10.2. The third-order valence-corrected chi connectivity index (χ3v) is 3.75. The predicted molar refractivity (Wildman–Crippen MR) is 101 cm³/mol. The molecule has 0 spiro atoms. The van der Waals surface area contributed by atoms with E-state index < -0.39 is 35.7 Å². The first-order chi connectivity index (χ1) is 12.1. The van der Waals surface area contributed by atoms with Crippen molar-refractivity contribution in [2.45, 2.75) is 52.0 Å². The van der Waals surface area contributed by atoms with Gasteiger partial charge in [0.25, 0.3) is 0 Å². The number of alkyl carbamates (subject to hydrolysis) is 1. The monoisotopic (exact) mass is 428 g/mol. The maximum Gasteiger partial charge on any atom is 0.408 e. The quantitative estimate of drug-likeness (QED) is 0.513. The average molecular weight is 429 g/mol. The van der Waals surface area contributed by atoms with E-state index in [0.717, 1.165) is 5.56 Å². The maximum absolute atomic E-state index is 12.2. The zero-order valence-electron chi connectivity index (χ0n) is 15.4. The van der Waals surface area contributed by atoms with Crippen molar-refractivity contribution >= 4 is 33.9 Å². The molecule has 2 amide bonds. The van der Waals surface area contributed by atoms with E-state index in [-0.39, 0.29) is 11.9 Å². The summed E-state index contributed by atoms with van der Waals surface area (Å²) >= 11 is 3.18. The highest BCUT2D eigenvalue weighted by Gasteiger charge is 2.26. The summed E-state index contributed by atoms with van der Waals surface area (Å²) in [4.78, 5) is 36.0. The minimum atomic E-state index is -0.867. The van der Waals surface area contributed by atoms with Crippen molar-refractivity contribution in [3.8, 4) is 0 Å². The molecule has 144 valence electrons. The Morgan fingerprint density at radius 1 is 1.12 bits per heavy atom. The summed E-state index contributed by atoms with van der Waals surface area (Å²) < 4.78 is 10.3. The van der Waals surface area contributed by atoms with Gasteiger partial charge in [0.05, 0.1) is 0 Å². The fourth-order valence-electron chi connectivity index (χ4n) is 1.84. The summed E-state index contributed by atoms with van der Waals surface area (Å²) in [5, 5.41) is 5.15. The second kappa shape index (κ2) is 10.2. The summed E-state index contributed by atoms with van der Waals surface area (Å²) in [6.45, 7) is 6.79. The number of benzene rings is 1. The number of carbonyl (C=O) groups is 3. The van der Waals surface area contributed by atoms with Gasteiger partial charge in [0, 0.05) is 5.33 Å². The van der Waals surface area contributed by atoms with Crippen LogP contribution in [0.15, 0.2) is 30.3 Å². The first-order valence-electron chi connectivity index (χ1n) is 8.19. The fourth-order valence-corrected chi connectivity index (χ4v) is 2.26. The smallest absolute Gasteiger partial charge is 0.408 e. The molecule has 0 saturated carbocycles. The van der Waals surface area contributed by atoms with E-state index in [1.54, 1.807) is 20.8 Å². The largest absolute Gasteiger partial charge is 0.459 e. The van der Waals surface area contributed by atoms with E-state index in [1.165, 1.54) is 6.92 Å². The molecule has 0 aromatic heterocycles. The molecule has 0 saturated heterocycles. The van der Waals surface area contributed by atoms with Crippen LogP contribution in [0.1, 0.15) is 33.3 Å². The molecule has 0 unspecified atom stereocenters. The summed E-state index contributed by atoms with van der Waals surface area (Å²) in [6.07, 6.45) is -0.706. The van der Waals surface area contributed by atoms with Crippen molar-refractivity contribution in [1.82, 2.24) is 10.6 Å². The van der Waals surface area contributed by atoms with Crippen molar-refractivity contribution in [3.63, 3.8) is 0 Å². The Hall–Kier alpha value is -2.09. The second-order valence-electron chi connectivity index (χ2n) is 6.68. The van der Waals surface area contributed by atoms with Crippen LogP contribution >= 0.6 is 15.9 Å². The molecular weight excluding hydrogens is 404 g/mol. The molecule has 0 aliphatic heterocycles. The van der Waals surface area contributed by atoms with Crippen LogP contribution in [-0.4, -0.2) is 41.0 Å². The standard InChI is InChI=1S/C18H25BrN2O5/c1-12(20-17(24)26-18(2,3)4)15(22)21-14(10-19)16(23)25-11-13-8-6-5-7-9-13/h5-9,12,14H,10-11H2,1-4H3,(H,20,24)(H,21,22)/t12-,14-/m0/s1. The van der Waals surface area contributed by atoms with Crippen molar-refractivity contribution < 1.29 is 23.9 Å². The number of ether oxygens (including phenoxy) is 2. The minimum absolute atomic E-state index is 0.116. The van der Waals surface area contributed by atoms with Gasteiger partial charge in [0.15, 0.2) is 0 Å². The van der Waals surface area contributed by atoms with Gasteiger partial charge in [-0.05, 0) is 33.3 Å². The molecule has 2 N–H and O–H groups in total. The van der Waals surface area contributed by atoms with Crippen LogP contribution in [0.3, 0.4) is 0 Å². The zero-order valence-corrected chi connectivity index (χ0v) is 17.0. The number of hydrogen-bond acceptors (Lipinski definition) is 5. The fraction of sp³-hybridized carbons (Fsp3) is 0.500. The molecule has 26 heavy (non-hydrogen) atoms. The van der Waals surface area contributed by atoms with Crippen LogP contribution in [0, 0.1) is 0 Å². The summed E-state index contributed by atoms with van der Waals surface area (Å²) in [7, 11) is 0. The van der Waals surface area contributed by atoms with E-state index in [4.69, 9.17) is 9.47 Å². The molecule has 1 rings (SSSR count). The van der Waals surface area contributed by atoms with Crippen molar-refractivity contribution in [2.24, 2.45) is 0 Å². The zero-order chi connectivity index (χ0) is 19.7. The molecule has 0 radical (unpaired) electrons. The van der Waals surface area contributed by atoms with Crippen LogP contribution in [0.25, 0.3) is 0 Å². The van der Waals surface area contributed by atoms with E-state index in [0.29, 0.717) is 0 Å². The van der Waals surface area contributed by atoms with E-state index >= 15 is 0 Å². The summed E-state index contributed by atoms with van der Waals surface area (Å²) in [5.74, 6) is -1.08. The molecular formula is C18H25BrN2O5. The summed E-state index contributed by atoms with van der Waals surface area (Å²) in [6, 6.07) is 7.49. The highest BCUT2D eigenvalue weighted by molar-refractivity contribution is 9.09. The third-order valence-electron chi connectivity index (χ3n) is 3.11. The van der Waals surface area contributed by atoms with Gasteiger partial charge in [-0.3, -0.25) is 4.79 Å². The van der Waals surface area contributed by atoms with Gasteiger partial charge in [-0.2, -0.15) is 0 Å². The maximum atomic E-state index is 12.2. The molecule has 8 heteroatoms. The van der Waals surface area contributed by atoms with Crippen LogP contribution in [0.5, 0.6) is 0 Å². The number of amides is 2. The Bertz CT molecular complexity index is 616. The molecule has 0 aliphatic carbocycles. The van der Waals surface area contributed by atoms with Crippen LogP contribution in [-0.2, 0) is 25.7 Å². The third kappa shape index (κ3) is 8.33. The van der Waals surface area contributed by atoms with Gasteiger partial charge < -0.3 is 20.1 Å². The van der Waals surface area contributed by atoms with Gasteiger partial charge in [0.2, 0.25) is 5.91 Å². The number of carbonyl (C=O) groups excluding carboxylic acids is 3. The number of alkyl halides is 1. The molecule has 7 nitrogen and oxygen atoms in total. The second-order valence-corrected chi connectivity index (χ2v) is 7.32. The Morgan fingerprint density at radius 2 is 1.73 bits per heavy atom. The highest BCUT2D eigenvalue weighted by Crippen LogP contribution is 2.07. The van der Waals surface area contributed by atoms with Crippen LogP contribution in [0.2, 0.25) is 0 Å². The molecule has 0 heterocycles. The van der Waals surface area contributed by atoms with Gasteiger partial charge in [-0.25, -0.2) is 9.59 Å². The summed E-state index contributed by atoms with van der Waals surface area (Å²) in [5.41, 5.74) is 0.181. The Balaban J connectivity index is 2.50. The minimum Gasteiger partial charge on any atom is -0.459 e. The first-order valence-corrected chi connectivity index (χ1v) is 9.31. The SMILES string of the molecule is C[C@H](NC(=O)OC(C)(C)C)C(=O)N[C@@H](CBr)C(=O)OCc1ccccc1. The normalized spacial score (nSPS) is 13.3. The van der Waals surface area contributed by atoms with E-state index in [9.17, 15) is 14.4 Å². The molecule has 1 aromatic carbocycles.